The van der Waals surface area contributed by atoms with Crippen molar-refractivity contribution in [3.05, 3.63) is 101 Å². The van der Waals surface area contributed by atoms with E-state index in [0.29, 0.717) is 17.5 Å². The lowest BCUT2D eigenvalue weighted by atomic mass is 9.97. The van der Waals surface area contributed by atoms with Crippen LogP contribution in [0.4, 0.5) is 4.39 Å². The molecule has 2 heterocycles. The van der Waals surface area contributed by atoms with Crippen LogP contribution in [-0.4, -0.2) is 21.6 Å². The molecule has 1 amide bonds. The summed E-state index contributed by atoms with van der Waals surface area (Å²) in [4.78, 5) is 17.0. The minimum absolute atomic E-state index is 0. The predicted molar refractivity (Wildman–Crippen MR) is 109 cm³/mol. The summed E-state index contributed by atoms with van der Waals surface area (Å²) in [6, 6.07) is 17.3. The maximum atomic E-state index is 14.5. The molecule has 1 aliphatic rings. The standard InChI is InChI=1S/C22H18FN3O.ClH/c1-15-6-8-16(9-7-15)20-14-21(18-4-2-3-5-19(18)23)26(25-20)22(27)17-10-12-24-13-11-17;/h2-13,21H,14H2,1H3;1H. The Balaban J connectivity index is 0.00000225. The minimum atomic E-state index is -0.483. The molecular weight excluding hydrogens is 377 g/mol. The van der Waals surface area contributed by atoms with Gasteiger partial charge in [-0.15, -0.1) is 12.4 Å². The first kappa shape index (κ1) is 19.7. The molecule has 28 heavy (non-hydrogen) atoms. The van der Waals surface area contributed by atoms with E-state index in [-0.39, 0.29) is 24.1 Å². The van der Waals surface area contributed by atoms with E-state index in [0.717, 1.165) is 16.8 Å². The van der Waals surface area contributed by atoms with Crippen molar-refractivity contribution < 1.29 is 9.18 Å². The summed E-state index contributed by atoms with van der Waals surface area (Å²) in [5.74, 6) is -0.608. The van der Waals surface area contributed by atoms with E-state index in [1.807, 2.05) is 31.2 Å². The van der Waals surface area contributed by atoms with Crippen LogP contribution in [0.5, 0.6) is 0 Å². The fraction of sp³-hybridized carbons (Fsp3) is 0.136. The maximum absolute atomic E-state index is 14.5. The lowest BCUT2D eigenvalue weighted by Gasteiger charge is -2.22. The highest BCUT2D eigenvalue weighted by molar-refractivity contribution is 6.05. The lowest BCUT2D eigenvalue weighted by Crippen LogP contribution is -2.27. The van der Waals surface area contributed by atoms with Crippen LogP contribution in [0.15, 0.2) is 78.2 Å². The molecule has 0 radical (unpaired) electrons. The van der Waals surface area contributed by atoms with Crippen molar-refractivity contribution in [1.82, 2.24) is 9.99 Å². The molecule has 0 fully saturated rings. The van der Waals surface area contributed by atoms with E-state index >= 15 is 0 Å². The molecule has 1 atom stereocenters. The third-order valence-corrected chi connectivity index (χ3v) is 4.69. The van der Waals surface area contributed by atoms with Gasteiger partial charge in [-0.3, -0.25) is 9.78 Å². The minimum Gasteiger partial charge on any atom is -0.267 e. The summed E-state index contributed by atoms with van der Waals surface area (Å²) in [5.41, 5.74) is 3.79. The number of rotatable bonds is 3. The molecule has 0 spiro atoms. The van der Waals surface area contributed by atoms with Gasteiger partial charge in [-0.1, -0.05) is 48.0 Å². The first-order valence-electron chi connectivity index (χ1n) is 8.76. The van der Waals surface area contributed by atoms with Crippen LogP contribution in [0.25, 0.3) is 0 Å². The topological polar surface area (TPSA) is 45.6 Å². The maximum Gasteiger partial charge on any atom is 0.274 e. The van der Waals surface area contributed by atoms with E-state index in [9.17, 15) is 9.18 Å². The zero-order valence-corrected chi connectivity index (χ0v) is 16.1. The van der Waals surface area contributed by atoms with Gasteiger partial charge < -0.3 is 0 Å². The van der Waals surface area contributed by atoms with Crippen molar-refractivity contribution in [3.63, 3.8) is 0 Å². The molecular formula is C22H19ClFN3O. The summed E-state index contributed by atoms with van der Waals surface area (Å²) < 4.78 is 14.5. The first-order valence-corrected chi connectivity index (χ1v) is 8.76. The smallest absolute Gasteiger partial charge is 0.267 e. The van der Waals surface area contributed by atoms with Crippen molar-refractivity contribution in [3.8, 4) is 0 Å². The Morgan fingerprint density at radius 1 is 1.04 bits per heavy atom. The Bertz CT molecular complexity index is 1010. The van der Waals surface area contributed by atoms with Crippen molar-refractivity contribution in [2.45, 2.75) is 19.4 Å². The third kappa shape index (κ3) is 3.80. The second kappa shape index (κ2) is 8.31. The average molecular weight is 396 g/mol. The van der Waals surface area contributed by atoms with Crippen LogP contribution in [0.2, 0.25) is 0 Å². The van der Waals surface area contributed by atoms with Gasteiger partial charge in [0.15, 0.2) is 0 Å². The number of hydrazone groups is 1. The SMILES string of the molecule is Cc1ccc(C2=NN(C(=O)c3ccncc3)C(c3ccccc3F)C2)cc1.Cl. The first-order chi connectivity index (χ1) is 13.1. The number of aromatic nitrogens is 1. The molecule has 6 heteroatoms. The highest BCUT2D eigenvalue weighted by atomic mass is 35.5. The quantitative estimate of drug-likeness (QED) is 0.630. The molecule has 1 unspecified atom stereocenters. The summed E-state index contributed by atoms with van der Waals surface area (Å²) >= 11 is 0. The molecule has 4 nitrogen and oxygen atoms in total. The van der Waals surface area contributed by atoms with Gasteiger partial charge in [-0.2, -0.15) is 5.10 Å². The number of benzene rings is 2. The number of pyridine rings is 1. The van der Waals surface area contributed by atoms with Gasteiger partial charge in [0.2, 0.25) is 0 Å². The number of amides is 1. The molecule has 1 aromatic heterocycles. The van der Waals surface area contributed by atoms with Crippen molar-refractivity contribution in [2.75, 3.05) is 0 Å². The Kier molecular flexibility index (Phi) is 5.85. The van der Waals surface area contributed by atoms with Gasteiger partial charge in [-0.25, -0.2) is 9.40 Å². The zero-order chi connectivity index (χ0) is 18.8. The highest BCUT2D eigenvalue weighted by Crippen LogP contribution is 2.35. The zero-order valence-electron chi connectivity index (χ0n) is 15.2. The second-order valence-electron chi connectivity index (χ2n) is 6.54. The van der Waals surface area contributed by atoms with Gasteiger partial charge in [0.25, 0.3) is 5.91 Å². The number of nitrogens with zero attached hydrogens (tertiary/aromatic N) is 3. The third-order valence-electron chi connectivity index (χ3n) is 4.69. The van der Waals surface area contributed by atoms with E-state index in [1.165, 1.54) is 11.1 Å². The molecule has 1 aliphatic heterocycles. The molecule has 0 bridgehead atoms. The summed E-state index contributed by atoms with van der Waals surface area (Å²) in [6.07, 6.45) is 3.58. The summed E-state index contributed by atoms with van der Waals surface area (Å²) in [6.45, 7) is 2.02. The molecule has 142 valence electrons. The van der Waals surface area contributed by atoms with Crippen molar-refractivity contribution in [1.29, 1.82) is 0 Å². The predicted octanol–water partition coefficient (Wildman–Crippen LogP) is 4.94. The van der Waals surface area contributed by atoms with Gasteiger partial charge in [0.05, 0.1) is 11.8 Å². The van der Waals surface area contributed by atoms with Crippen LogP contribution in [0, 0.1) is 12.7 Å². The van der Waals surface area contributed by atoms with Gasteiger partial charge in [-0.05, 0) is 30.7 Å². The lowest BCUT2D eigenvalue weighted by molar-refractivity contribution is 0.0708. The van der Waals surface area contributed by atoms with Crippen LogP contribution in [-0.2, 0) is 0 Å². The van der Waals surface area contributed by atoms with Crippen LogP contribution in [0.3, 0.4) is 0 Å². The molecule has 4 rings (SSSR count). The van der Waals surface area contributed by atoms with Gasteiger partial charge in [0.1, 0.15) is 5.82 Å². The largest absolute Gasteiger partial charge is 0.274 e. The second-order valence-corrected chi connectivity index (χ2v) is 6.54. The Morgan fingerprint density at radius 3 is 2.39 bits per heavy atom. The number of aryl methyl sites for hydroxylation is 1. The Morgan fingerprint density at radius 2 is 1.71 bits per heavy atom. The average Bonchev–Trinajstić information content (AvgIpc) is 3.14. The molecule has 0 saturated heterocycles. The van der Waals surface area contributed by atoms with Gasteiger partial charge >= 0.3 is 0 Å². The number of halogens is 2. The van der Waals surface area contributed by atoms with E-state index in [1.54, 1.807) is 42.7 Å². The number of carbonyl (C=O) groups is 1. The fourth-order valence-electron chi connectivity index (χ4n) is 3.23. The summed E-state index contributed by atoms with van der Waals surface area (Å²) in [7, 11) is 0. The van der Waals surface area contributed by atoms with Gasteiger partial charge in [0, 0.05) is 29.9 Å². The normalized spacial score (nSPS) is 15.7. The fourth-order valence-corrected chi connectivity index (χ4v) is 3.23. The molecule has 0 N–H and O–H groups in total. The molecule has 0 saturated carbocycles. The van der Waals surface area contributed by atoms with E-state index < -0.39 is 6.04 Å². The number of carbonyl (C=O) groups excluding carboxylic acids is 1. The number of hydrogen-bond acceptors (Lipinski definition) is 3. The van der Waals surface area contributed by atoms with Crippen LogP contribution in [0.1, 0.15) is 39.5 Å². The van der Waals surface area contributed by atoms with Crippen LogP contribution >= 0.6 is 12.4 Å². The molecule has 0 aliphatic carbocycles. The summed E-state index contributed by atoms with van der Waals surface area (Å²) in [5, 5.41) is 5.97. The van der Waals surface area contributed by atoms with Crippen molar-refractivity contribution >= 4 is 24.0 Å². The number of hydrogen-bond donors (Lipinski definition) is 0. The van der Waals surface area contributed by atoms with Crippen molar-refractivity contribution in [2.24, 2.45) is 5.10 Å². The monoisotopic (exact) mass is 395 g/mol. The molecule has 2 aromatic carbocycles. The van der Waals surface area contributed by atoms with Crippen LogP contribution < -0.4 is 0 Å². The Hall–Kier alpha value is -3.05. The highest BCUT2D eigenvalue weighted by Gasteiger charge is 2.35. The van der Waals surface area contributed by atoms with E-state index in [2.05, 4.69) is 10.1 Å². The molecule has 3 aromatic rings. The van der Waals surface area contributed by atoms with E-state index in [4.69, 9.17) is 0 Å². The Labute approximate surface area is 169 Å².